The first kappa shape index (κ1) is 24.6. The number of nitrogens with zero attached hydrogens (tertiary/aromatic N) is 2. The van der Waals surface area contributed by atoms with Crippen LogP contribution < -0.4 is 14.2 Å². The van der Waals surface area contributed by atoms with Crippen molar-refractivity contribution >= 4 is 12.0 Å². The Morgan fingerprint density at radius 1 is 1.09 bits per heavy atom. The van der Waals surface area contributed by atoms with Gasteiger partial charge in [0.05, 0.1) is 21.3 Å². The van der Waals surface area contributed by atoms with E-state index in [0.717, 1.165) is 30.6 Å². The van der Waals surface area contributed by atoms with Gasteiger partial charge in [-0.1, -0.05) is 48.9 Å². The molecule has 1 aliphatic heterocycles. The van der Waals surface area contributed by atoms with E-state index in [2.05, 4.69) is 37.0 Å². The van der Waals surface area contributed by atoms with Gasteiger partial charge in [0.1, 0.15) is 0 Å². The third-order valence-electron chi connectivity index (χ3n) is 6.19. The quantitative estimate of drug-likeness (QED) is 0.521. The fraction of sp³-hybridized carbons (Fsp3) is 0.444. The number of likely N-dealkylation sites (tertiary alicyclic amines) is 1. The molecule has 0 aromatic heterocycles. The Morgan fingerprint density at radius 2 is 1.76 bits per heavy atom. The van der Waals surface area contributed by atoms with Gasteiger partial charge in [-0.3, -0.25) is 9.69 Å². The average molecular weight is 453 g/mol. The van der Waals surface area contributed by atoms with Gasteiger partial charge in [-0.2, -0.15) is 0 Å². The van der Waals surface area contributed by atoms with E-state index in [-0.39, 0.29) is 5.91 Å². The van der Waals surface area contributed by atoms with Crippen molar-refractivity contribution in [3.63, 3.8) is 0 Å². The molecule has 0 spiro atoms. The monoisotopic (exact) mass is 452 g/mol. The van der Waals surface area contributed by atoms with Gasteiger partial charge in [-0.25, -0.2) is 0 Å². The minimum Gasteiger partial charge on any atom is -0.493 e. The molecule has 1 atom stereocenters. The van der Waals surface area contributed by atoms with Gasteiger partial charge in [0.15, 0.2) is 11.5 Å². The van der Waals surface area contributed by atoms with E-state index in [4.69, 9.17) is 14.2 Å². The summed E-state index contributed by atoms with van der Waals surface area (Å²) in [5, 5.41) is 0. The van der Waals surface area contributed by atoms with E-state index in [0.29, 0.717) is 41.9 Å². The maximum Gasteiger partial charge on any atom is 0.254 e. The summed E-state index contributed by atoms with van der Waals surface area (Å²) >= 11 is 0. The van der Waals surface area contributed by atoms with E-state index in [1.54, 1.807) is 33.5 Å². The van der Waals surface area contributed by atoms with E-state index >= 15 is 0 Å². The Labute approximate surface area is 197 Å². The molecule has 33 heavy (non-hydrogen) atoms. The van der Waals surface area contributed by atoms with Crippen LogP contribution in [0.4, 0.5) is 0 Å². The number of methoxy groups -OCH3 is 3. The van der Waals surface area contributed by atoms with E-state index in [1.165, 1.54) is 6.42 Å². The summed E-state index contributed by atoms with van der Waals surface area (Å²) in [4.78, 5) is 18.2. The van der Waals surface area contributed by atoms with Crippen LogP contribution in [-0.2, 0) is 0 Å². The highest BCUT2D eigenvalue weighted by molar-refractivity contribution is 5.96. The zero-order chi connectivity index (χ0) is 23.8. The van der Waals surface area contributed by atoms with Gasteiger partial charge >= 0.3 is 0 Å². The van der Waals surface area contributed by atoms with Crippen molar-refractivity contribution in [2.75, 3.05) is 47.5 Å². The van der Waals surface area contributed by atoms with Crippen LogP contribution in [0.1, 0.15) is 42.6 Å². The van der Waals surface area contributed by atoms with Crippen molar-refractivity contribution < 1.29 is 19.0 Å². The van der Waals surface area contributed by atoms with Crippen LogP contribution in [0.2, 0.25) is 0 Å². The zero-order valence-corrected chi connectivity index (χ0v) is 20.5. The molecule has 178 valence electrons. The number of benzene rings is 2. The summed E-state index contributed by atoms with van der Waals surface area (Å²) < 4.78 is 16.4. The molecule has 6 nitrogen and oxygen atoms in total. The number of ether oxygens (including phenoxy) is 3. The van der Waals surface area contributed by atoms with Gasteiger partial charge in [0.25, 0.3) is 5.91 Å². The van der Waals surface area contributed by atoms with Crippen molar-refractivity contribution in [2.24, 2.45) is 0 Å². The summed E-state index contributed by atoms with van der Waals surface area (Å²) in [6.07, 6.45) is 4.42. The van der Waals surface area contributed by atoms with Gasteiger partial charge in [-0.05, 0) is 50.6 Å². The molecule has 1 heterocycles. The molecule has 0 aliphatic carbocycles. The lowest BCUT2D eigenvalue weighted by atomic mass is 10.1. The normalized spacial score (nSPS) is 16.5. The third-order valence-corrected chi connectivity index (χ3v) is 6.19. The van der Waals surface area contributed by atoms with Crippen LogP contribution in [0, 0.1) is 0 Å². The summed E-state index contributed by atoms with van der Waals surface area (Å²) in [6, 6.07) is 14.0. The SMILES string of the molecule is CCN1CCC[C@H]1CN(C/C(C)=C/c1ccccc1)C(=O)c1cc(OC)c(OC)c(OC)c1. The number of hydrogen-bond donors (Lipinski definition) is 0. The van der Waals surface area contributed by atoms with Crippen LogP contribution in [0.15, 0.2) is 48.0 Å². The Hall–Kier alpha value is -2.99. The second-order valence-electron chi connectivity index (χ2n) is 8.43. The first-order valence-corrected chi connectivity index (χ1v) is 11.6. The van der Waals surface area contributed by atoms with Gasteiger partial charge < -0.3 is 19.1 Å². The molecule has 0 unspecified atom stereocenters. The topological polar surface area (TPSA) is 51.2 Å². The van der Waals surface area contributed by atoms with Crippen molar-refractivity contribution in [1.82, 2.24) is 9.80 Å². The smallest absolute Gasteiger partial charge is 0.254 e. The molecule has 0 saturated carbocycles. The predicted octanol–water partition coefficient (Wildman–Crippen LogP) is 4.74. The molecule has 0 bridgehead atoms. The molecule has 1 saturated heterocycles. The average Bonchev–Trinajstić information content (AvgIpc) is 3.29. The number of hydrogen-bond acceptors (Lipinski definition) is 5. The fourth-order valence-corrected chi connectivity index (χ4v) is 4.56. The number of carbonyl (C=O) groups is 1. The van der Waals surface area contributed by atoms with Crippen LogP contribution in [0.25, 0.3) is 6.08 Å². The van der Waals surface area contributed by atoms with Crippen molar-refractivity contribution in [3.8, 4) is 17.2 Å². The highest BCUT2D eigenvalue weighted by Crippen LogP contribution is 2.38. The largest absolute Gasteiger partial charge is 0.493 e. The first-order chi connectivity index (χ1) is 16.0. The van der Waals surface area contributed by atoms with Crippen molar-refractivity contribution in [1.29, 1.82) is 0 Å². The Balaban J connectivity index is 1.92. The summed E-state index contributed by atoms with van der Waals surface area (Å²) in [6.45, 7) is 7.59. The minimum absolute atomic E-state index is 0.0435. The van der Waals surface area contributed by atoms with E-state index in [1.807, 2.05) is 23.1 Å². The van der Waals surface area contributed by atoms with E-state index in [9.17, 15) is 4.79 Å². The lowest BCUT2D eigenvalue weighted by Crippen LogP contribution is -2.43. The number of likely N-dealkylation sites (N-methyl/N-ethyl adjacent to an activating group) is 1. The summed E-state index contributed by atoms with van der Waals surface area (Å²) in [7, 11) is 4.69. The van der Waals surface area contributed by atoms with Gasteiger partial charge in [-0.15, -0.1) is 0 Å². The van der Waals surface area contributed by atoms with E-state index < -0.39 is 0 Å². The molecular formula is C27H36N2O4. The summed E-state index contributed by atoms with van der Waals surface area (Å²) in [5.74, 6) is 1.40. The Kier molecular flexibility index (Phi) is 8.78. The number of carbonyl (C=O) groups excluding carboxylic acids is 1. The molecule has 1 amide bonds. The molecule has 6 heteroatoms. The predicted molar refractivity (Wildman–Crippen MR) is 132 cm³/mol. The Morgan fingerprint density at radius 3 is 2.33 bits per heavy atom. The molecule has 2 aromatic carbocycles. The molecule has 3 rings (SSSR count). The highest BCUT2D eigenvalue weighted by atomic mass is 16.5. The molecular weight excluding hydrogens is 416 g/mol. The molecule has 1 aliphatic rings. The molecule has 0 radical (unpaired) electrons. The minimum atomic E-state index is -0.0435. The van der Waals surface area contributed by atoms with Crippen LogP contribution in [0.3, 0.4) is 0 Å². The maximum absolute atomic E-state index is 13.8. The second-order valence-corrected chi connectivity index (χ2v) is 8.43. The lowest BCUT2D eigenvalue weighted by Gasteiger charge is -2.31. The fourth-order valence-electron chi connectivity index (χ4n) is 4.56. The zero-order valence-electron chi connectivity index (χ0n) is 20.5. The number of rotatable bonds is 10. The lowest BCUT2D eigenvalue weighted by molar-refractivity contribution is 0.0724. The summed E-state index contributed by atoms with van der Waals surface area (Å²) in [5.41, 5.74) is 2.78. The number of amides is 1. The van der Waals surface area contributed by atoms with Crippen molar-refractivity contribution in [3.05, 3.63) is 59.2 Å². The molecule has 2 aromatic rings. The maximum atomic E-state index is 13.8. The first-order valence-electron chi connectivity index (χ1n) is 11.6. The Bertz CT molecular complexity index is 933. The van der Waals surface area contributed by atoms with Crippen LogP contribution in [0.5, 0.6) is 17.2 Å². The van der Waals surface area contributed by atoms with Gasteiger partial charge in [0, 0.05) is 24.7 Å². The second kappa shape index (κ2) is 11.8. The molecule has 0 N–H and O–H groups in total. The third kappa shape index (κ3) is 6.08. The highest BCUT2D eigenvalue weighted by Gasteiger charge is 2.28. The van der Waals surface area contributed by atoms with Crippen LogP contribution in [-0.4, -0.2) is 69.3 Å². The molecule has 1 fully saturated rings. The van der Waals surface area contributed by atoms with Crippen molar-refractivity contribution in [2.45, 2.75) is 32.7 Å². The van der Waals surface area contributed by atoms with Gasteiger partial charge in [0.2, 0.25) is 5.75 Å². The van der Waals surface area contributed by atoms with Crippen LogP contribution >= 0.6 is 0 Å². The standard InChI is InChI=1S/C27H36N2O4/c1-6-28-14-10-13-23(28)19-29(18-20(2)15-21-11-8-7-9-12-21)27(30)22-16-24(31-3)26(33-5)25(17-22)32-4/h7-9,11-12,15-17,23H,6,10,13-14,18-19H2,1-5H3/b20-15+/t23-/m0/s1.